The molecule has 0 heterocycles. The van der Waals surface area contributed by atoms with Gasteiger partial charge in [-0.1, -0.05) is 18.5 Å². The number of nitrogens with zero attached hydrogens (tertiary/aromatic N) is 1. The number of benzene rings is 1. The maximum atomic E-state index is 11.9. The molecule has 0 spiro atoms. The molecule has 3 nitrogen and oxygen atoms in total. The van der Waals surface area contributed by atoms with E-state index in [4.69, 9.17) is 11.6 Å². The first-order valence-electron chi connectivity index (χ1n) is 5.27. The molecule has 0 saturated carbocycles. The van der Waals surface area contributed by atoms with E-state index in [9.17, 15) is 4.79 Å². The molecule has 0 bridgehead atoms. The monoisotopic (exact) mass is 240 g/mol. The summed E-state index contributed by atoms with van der Waals surface area (Å²) in [6.45, 7) is 1.99. The lowest BCUT2D eigenvalue weighted by Crippen LogP contribution is -2.39. The highest BCUT2D eigenvalue weighted by Gasteiger charge is 2.18. The molecule has 1 aromatic carbocycles. The van der Waals surface area contributed by atoms with Crippen LogP contribution < -0.4 is 5.32 Å². The van der Waals surface area contributed by atoms with E-state index in [1.54, 1.807) is 24.3 Å². The number of nitrogens with one attached hydrogen (secondary N) is 1. The number of hydrogen-bond donors (Lipinski definition) is 1. The van der Waals surface area contributed by atoms with Crippen LogP contribution in [0.2, 0.25) is 5.02 Å². The van der Waals surface area contributed by atoms with Crippen LogP contribution >= 0.6 is 11.6 Å². The Morgan fingerprint density at radius 3 is 2.38 bits per heavy atom. The van der Waals surface area contributed by atoms with Crippen molar-refractivity contribution < 1.29 is 4.79 Å². The van der Waals surface area contributed by atoms with Gasteiger partial charge in [0, 0.05) is 10.7 Å². The third-order valence-corrected chi connectivity index (χ3v) is 2.68. The Hall–Kier alpha value is -1.06. The van der Waals surface area contributed by atoms with Crippen molar-refractivity contribution in [3.63, 3.8) is 0 Å². The maximum absolute atomic E-state index is 11.9. The lowest BCUT2D eigenvalue weighted by Gasteiger charge is -2.21. The predicted octanol–water partition coefficient (Wildman–Crippen LogP) is 2.62. The van der Waals surface area contributed by atoms with Gasteiger partial charge in [0.2, 0.25) is 5.91 Å². The van der Waals surface area contributed by atoms with E-state index in [-0.39, 0.29) is 11.9 Å². The van der Waals surface area contributed by atoms with Gasteiger partial charge in [0.1, 0.15) is 0 Å². The third-order valence-electron chi connectivity index (χ3n) is 2.42. The van der Waals surface area contributed by atoms with Crippen LogP contribution in [0, 0.1) is 0 Å². The normalized spacial score (nSPS) is 12.6. The molecule has 0 aliphatic heterocycles. The number of likely N-dealkylation sites (N-methyl/N-ethyl adjacent to an activating group) is 1. The lowest BCUT2D eigenvalue weighted by molar-refractivity contribution is -0.120. The first-order valence-corrected chi connectivity index (χ1v) is 5.65. The molecule has 0 aromatic heterocycles. The average Bonchev–Trinajstić information content (AvgIpc) is 2.22. The van der Waals surface area contributed by atoms with Gasteiger partial charge in [-0.3, -0.25) is 9.69 Å². The molecule has 0 fully saturated rings. The SMILES string of the molecule is CCC(C(=O)Nc1ccc(Cl)cc1)N(C)C. The Morgan fingerprint density at radius 1 is 1.38 bits per heavy atom. The van der Waals surface area contributed by atoms with Gasteiger partial charge in [0.15, 0.2) is 0 Å². The van der Waals surface area contributed by atoms with Crippen molar-refractivity contribution in [3.05, 3.63) is 29.3 Å². The number of amides is 1. The van der Waals surface area contributed by atoms with Crippen molar-refractivity contribution in [2.24, 2.45) is 0 Å². The average molecular weight is 241 g/mol. The molecule has 1 amide bonds. The summed E-state index contributed by atoms with van der Waals surface area (Å²) < 4.78 is 0. The quantitative estimate of drug-likeness (QED) is 0.878. The Balaban J connectivity index is 2.66. The van der Waals surface area contributed by atoms with Crippen molar-refractivity contribution in [3.8, 4) is 0 Å². The number of hydrogen-bond acceptors (Lipinski definition) is 2. The molecule has 1 unspecified atom stereocenters. The number of halogens is 1. The number of rotatable bonds is 4. The Labute approximate surface area is 101 Å². The highest BCUT2D eigenvalue weighted by molar-refractivity contribution is 6.30. The smallest absolute Gasteiger partial charge is 0.241 e. The maximum Gasteiger partial charge on any atom is 0.241 e. The summed E-state index contributed by atoms with van der Waals surface area (Å²) in [6, 6.07) is 7.00. The van der Waals surface area contributed by atoms with Crippen LogP contribution in [0.5, 0.6) is 0 Å². The highest BCUT2D eigenvalue weighted by atomic mass is 35.5. The predicted molar refractivity (Wildman–Crippen MR) is 67.8 cm³/mol. The fourth-order valence-electron chi connectivity index (χ4n) is 1.54. The summed E-state index contributed by atoms with van der Waals surface area (Å²) in [7, 11) is 3.80. The van der Waals surface area contributed by atoms with Crippen molar-refractivity contribution in [1.82, 2.24) is 4.90 Å². The van der Waals surface area contributed by atoms with Gasteiger partial charge in [0.05, 0.1) is 6.04 Å². The van der Waals surface area contributed by atoms with Crippen LogP contribution in [0.15, 0.2) is 24.3 Å². The molecule has 0 saturated heterocycles. The van der Waals surface area contributed by atoms with E-state index in [1.807, 2.05) is 25.9 Å². The standard InChI is InChI=1S/C12H17ClN2O/c1-4-11(15(2)3)12(16)14-10-7-5-9(13)6-8-10/h5-8,11H,4H2,1-3H3,(H,14,16). The second-order valence-corrected chi connectivity index (χ2v) is 4.32. The number of anilines is 1. The third kappa shape index (κ3) is 3.51. The lowest BCUT2D eigenvalue weighted by atomic mass is 10.2. The van der Waals surface area contributed by atoms with Crippen LogP contribution in [0.3, 0.4) is 0 Å². The van der Waals surface area contributed by atoms with E-state index in [0.29, 0.717) is 5.02 Å². The summed E-state index contributed by atoms with van der Waals surface area (Å²) in [6.07, 6.45) is 0.784. The molecule has 0 aliphatic carbocycles. The summed E-state index contributed by atoms with van der Waals surface area (Å²) in [5.74, 6) is 0.00909. The van der Waals surface area contributed by atoms with Gasteiger partial charge in [0.25, 0.3) is 0 Å². The second-order valence-electron chi connectivity index (χ2n) is 3.88. The van der Waals surface area contributed by atoms with Crippen molar-refractivity contribution in [1.29, 1.82) is 0 Å². The zero-order valence-electron chi connectivity index (χ0n) is 9.83. The molecule has 16 heavy (non-hydrogen) atoms. The zero-order valence-corrected chi connectivity index (χ0v) is 10.6. The zero-order chi connectivity index (χ0) is 12.1. The molecule has 88 valence electrons. The number of carbonyl (C=O) groups is 1. The summed E-state index contributed by atoms with van der Waals surface area (Å²) in [5.41, 5.74) is 0.773. The molecule has 1 atom stereocenters. The number of carbonyl (C=O) groups excluding carboxylic acids is 1. The largest absolute Gasteiger partial charge is 0.325 e. The van der Waals surface area contributed by atoms with Crippen LogP contribution in [0.25, 0.3) is 0 Å². The minimum Gasteiger partial charge on any atom is -0.325 e. The van der Waals surface area contributed by atoms with E-state index in [1.165, 1.54) is 0 Å². The Morgan fingerprint density at radius 2 is 1.94 bits per heavy atom. The molecule has 0 aliphatic rings. The molecule has 0 radical (unpaired) electrons. The molecular formula is C12H17ClN2O. The van der Waals surface area contributed by atoms with Crippen LogP contribution in [-0.2, 0) is 4.79 Å². The van der Waals surface area contributed by atoms with Gasteiger partial charge in [-0.2, -0.15) is 0 Å². The topological polar surface area (TPSA) is 32.3 Å². The fourth-order valence-corrected chi connectivity index (χ4v) is 1.67. The van der Waals surface area contributed by atoms with Gasteiger partial charge >= 0.3 is 0 Å². The molecule has 1 N–H and O–H groups in total. The first kappa shape index (κ1) is 13.0. The van der Waals surface area contributed by atoms with Crippen LogP contribution in [0.4, 0.5) is 5.69 Å². The van der Waals surface area contributed by atoms with Gasteiger partial charge in [-0.25, -0.2) is 0 Å². The van der Waals surface area contributed by atoms with Crippen molar-refractivity contribution in [2.45, 2.75) is 19.4 Å². The minimum absolute atomic E-state index is 0.00909. The molecule has 4 heteroatoms. The molecular weight excluding hydrogens is 224 g/mol. The first-order chi connectivity index (χ1) is 7.54. The summed E-state index contributed by atoms with van der Waals surface area (Å²) in [4.78, 5) is 13.8. The van der Waals surface area contributed by atoms with E-state index in [2.05, 4.69) is 5.32 Å². The van der Waals surface area contributed by atoms with E-state index < -0.39 is 0 Å². The Bertz CT molecular complexity index is 349. The second kappa shape index (κ2) is 5.87. The van der Waals surface area contributed by atoms with Crippen molar-refractivity contribution in [2.75, 3.05) is 19.4 Å². The van der Waals surface area contributed by atoms with Crippen LogP contribution in [-0.4, -0.2) is 30.9 Å². The Kier molecular flexibility index (Phi) is 4.77. The van der Waals surface area contributed by atoms with Gasteiger partial charge in [-0.15, -0.1) is 0 Å². The summed E-state index contributed by atoms with van der Waals surface area (Å²) in [5, 5.41) is 3.53. The fraction of sp³-hybridized carbons (Fsp3) is 0.417. The van der Waals surface area contributed by atoms with E-state index in [0.717, 1.165) is 12.1 Å². The molecule has 1 rings (SSSR count). The summed E-state index contributed by atoms with van der Waals surface area (Å²) >= 11 is 5.77. The van der Waals surface area contributed by atoms with Gasteiger partial charge in [-0.05, 0) is 44.8 Å². The van der Waals surface area contributed by atoms with Crippen molar-refractivity contribution >= 4 is 23.2 Å². The van der Waals surface area contributed by atoms with E-state index >= 15 is 0 Å². The van der Waals surface area contributed by atoms with Gasteiger partial charge < -0.3 is 5.32 Å². The highest BCUT2D eigenvalue weighted by Crippen LogP contribution is 2.14. The van der Waals surface area contributed by atoms with Crippen LogP contribution in [0.1, 0.15) is 13.3 Å². The molecule has 1 aromatic rings. The minimum atomic E-state index is -0.101.